The molecule has 2 aromatic rings. The average molecular weight is 334 g/mol. The highest BCUT2D eigenvalue weighted by Gasteiger charge is 2.28. The van der Waals surface area contributed by atoms with Crippen molar-refractivity contribution in [3.8, 4) is 0 Å². The standard InChI is InChI=1S/C15H12BrNOS/c16-11-6-2-3-7-12(11)17-15(18)14-9-10-5-1-4-8-13(10)19-14/h1-8,14H,9H2,(H,17,18). The van der Waals surface area contributed by atoms with Gasteiger partial charge in [-0.15, -0.1) is 11.8 Å². The lowest BCUT2D eigenvalue weighted by atomic mass is 10.1. The number of halogens is 1. The Morgan fingerprint density at radius 3 is 2.68 bits per heavy atom. The molecule has 0 bridgehead atoms. The maximum Gasteiger partial charge on any atom is 0.238 e. The van der Waals surface area contributed by atoms with Gasteiger partial charge in [-0.25, -0.2) is 0 Å². The van der Waals surface area contributed by atoms with Crippen LogP contribution in [-0.4, -0.2) is 11.2 Å². The highest BCUT2D eigenvalue weighted by molar-refractivity contribution is 9.10. The fourth-order valence-corrected chi connectivity index (χ4v) is 3.68. The number of thioether (sulfide) groups is 1. The summed E-state index contributed by atoms with van der Waals surface area (Å²) in [4.78, 5) is 13.5. The van der Waals surface area contributed by atoms with E-state index in [4.69, 9.17) is 0 Å². The molecular formula is C15H12BrNOS. The van der Waals surface area contributed by atoms with Crippen molar-refractivity contribution < 1.29 is 4.79 Å². The van der Waals surface area contributed by atoms with Crippen molar-refractivity contribution in [2.75, 3.05) is 5.32 Å². The lowest BCUT2D eigenvalue weighted by Gasteiger charge is -2.11. The third-order valence-electron chi connectivity index (χ3n) is 3.07. The lowest BCUT2D eigenvalue weighted by Crippen LogP contribution is -2.24. The number of amides is 1. The third-order valence-corrected chi connectivity index (χ3v) is 5.08. The van der Waals surface area contributed by atoms with E-state index in [0.29, 0.717) is 0 Å². The van der Waals surface area contributed by atoms with E-state index in [1.807, 2.05) is 36.4 Å². The predicted octanol–water partition coefficient (Wildman–Crippen LogP) is 4.10. The maximum atomic E-state index is 12.3. The molecule has 4 heteroatoms. The number of benzene rings is 2. The number of rotatable bonds is 2. The van der Waals surface area contributed by atoms with Crippen LogP contribution in [0.2, 0.25) is 0 Å². The van der Waals surface area contributed by atoms with E-state index in [1.54, 1.807) is 11.8 Å². The zero-order valence-corrected chi connectivity index (χ0v) is 12.5. The molecule has 0 aliphatic carbocycles. The smallest absolute Gasteiger partial charge is 0.238 e. The lowest BCUT2D eigenvalue weighted by molar-refractivity contribution is -0.115. The van der Waals surface area contributed by atoms with Gasteiger partial charge in [0.05, 0.1) is 10.9 Å². The predicted molar refractivity (Wildman–Crippen MR) is 82.6 cm³/mol. The minimum Gasteiger partial charge on any atom is -0.324 e. The number of fused-ring (bicyclic) bond motifs is 1. The molecule has 1 heterocycles. The molecule has 3 rings (SSSR count). The largest absolute Gasteiger partial charge is 0.324 e. The van der Waals surface area contributed by atoms with Crippen molar-refractivity contribution in [1.82, 2.24) is 0 Å². The summed E-state index contributed by atoms with van der Waals surface area (Å²) in [5.41, 5.74) is 2.09. The molecule has 96 valence electrons. The number of hydrogen-bond donors (Lipinski definition) is 1. The molecule has 1 amide bonds. The minimum absolute atomic E-state index is 0.0375. The summed E-state index contributed by atoms with van der Waals surface area (Å²) in [6, 6.07) is 15.9. The van der Waals surface area contributed by atoms with E-state index in [-0.39, 0.29) is 11.2 Å². The van der Waals surface area contributed by atoms with Gasteiger partial charge in [0.1, 0.15) is 0 Å². The van der Waals surface area contributed by atoms with Crippen molar-refractivity contribution in [2.45, 2.75) is 16.6 Å². The molecule has 2 nitrogen and oxygen atoms in total. The maximum absolute atomic E-state index is 12.3. The van der Waals surface area contributed by atoms with Crippen LogP contribution in [0.1, 0.15) is 5.56 Å². The van der Waals surface area contributed by atoms with Crippen LogP contribution in [0, 0.1) is 0 Å². The molecule has 1 unspecified atom stereocenters. The Hall–Kier alpha value is -1.26. The second-order valence-corrected chi connectivity index (χ2v) is 6.49. The van der Waals surface area contributed by atoms with Crippen molar-refractivity contribution in [1.29, 1.82) is 0 Å². The topological polar surface area (TPSA) is 29.1 Å². The number of carbonyl (C=O) groups is 1. The number of hydrogen-bond acceptors (Lipinski definition) is 2. The van der Waals surface area contributed by atoms with Gasteiger partial charge >= 0.3 is 0 Å². The van der Waals surface area contributed by atoms with E-state index in [1.165, 1.54) is 10.5 Å². The number of carbonyl (C=O) groups excluding carboxylic acids is 1. The first-order valence-electron chi connectivity index (χ1n) is 6.04. The van der Waals surface area contributed by atoms with Gasteiger partial charge < -0.3 is 5.32 Å². The summed E-state index contributed by atoms with van der Waals surface area (Å²) in [5.74, 6) is 0.0631. The highest BCUT2D eigenvalue weighted by Crippen LogP contribution is 2.37. The summed E-state index contributed by atoms with van der Waals surface area (Å²) in [6.45, 7) is 0. The number of anilines is 1. The first-order valence-corrected chi connectivity index (χ1v) is 7.71. The van der Waals surface area contributed by atoms with Gasteiger partial charge in [-0.05, 0) is 46.1 Å². The zero-order chi connectivity index (χ0) is 13.2. The fraction of sp³-hybridized carbons (Fsp3) is 0.133. The molecule has 1 aliphatic rings. The van der Waals surface area contributed by atoms with Gasteiger partial charge in [0.15, 0.2) is 0 Å². The van der Waals surface area contributed by atoms with Crippen LogP contribution < -0.4 is 5.32 Å². The molecule has 1 atom stereocenters. The van der Waals surface area contributed by atoms with E-state index >= 15 is 0 Å². The molecule has 0 saturated carbocycles. The Balaban J connectivity index is 1.72. The summed E-state index contributed by atoms with van der Waals surface area (Å²) in [7, 11) is 0. The Labute approximate surface area is 124 Å². The normalized spacial score (nSPS) is 17.0. The van der Waals surface area contributed by atoms with Gasteiger partial charge in [-0.1, -0.05) is 30.3 Å². The second kappa shape index (κ2) is 5.39. The first kappa shape index (κ1) is 12.8. The van der Waals surface area contributed by atoms with Gasteiger partial charge in [0.2, 0.25) is 5.91 Å². The zero-order valence-electron chi connectivity index (χ0n) is 10.1. The SMILES string of the molecule is O=C(Nc1ccccc1Br)C1Cc2ccccc2S1. The van der Waals surface area contributed by atoms with Crippen molar-refractivity contribution in [3.05, 3.63) is 58.6 Å². The molecule has 0 spiro atoms. The number of para-hydroxylation sites is 1. The van der Waals surface area contributed by atoms with Gasteiger partial charge in [0.25, 0.3) is 0 Å². The molecular weight excluding hydrogens is 322 g/mol. The summed E-state index contributed by atoms with van der Waals surface area (Å²) in [5, 5.41) is 2.94. The van der Waals surface area contributed by atoms with Gasteiger partial charge in [-0.3, -0.25) is 4.79 Å². The highest BCUT2D eigenvalue weighted by atomic mass is 79.9. The summed E-state index contributed by atoms with van der Waals surface area (Å²) in [6.07, 6.45) is 0.803. The first-order chi connectivity index (χ1) is 9.24. The number of nitrogens with one attached hydrogen (secondary N) is 1. The summed E-state index contributed by atoms with van der Waals surface area (Å²) >= 11 is 5.08. The van der Waals surface area contributed by atoms with Crippen LogP contribution >= 0.6 is 27.7 Å². The van der Waals surface area contributed by atoms with Crippen LogP contribution in [0.15, 0.2) is 57.9 Å². The van der Waals surface area contributed by atoms with Crippen LogP contribution in [0.4, 0.5) is 5.69 Å². The molecule has 0 radical (unpaired) electrons. The fourth-order valence-electron chi connectivity index (χ4n) is 2.10. The third kappa shape index (κ3) is 2.69. The van der Waals surface area contributed by atoms with Crippen LogP contribution in [0.3, 0.4) is 0 Å². The molecule has 19 heavy (non-hydrogen) atoms. The van der Waals surface area contributed by atoms with E-state index in [0.717, 1.165) is 16.6 Å². The van der Waals surface area contributed by atoms with Crippen molar-refractivity contribution in [2.24, 2.45) is 0 Å². The molecule has 1 N–H and O–H groups in total. The Kier molecular flexibility index (Phi) is 3.62. The van der Waals surface area contributed by atoms with E-state index < -0.39 is 0 Å². The monoisotopic (exact) mass is 333 g/mol. The minimum atomic E-state index is -0.0375. The second-order valence-electron chi connectivity index (χ2n) is 4.39. The van der Waals surface area contributed by atoms with Crippen molar-refractivity contribution in [3.63, 3.8) is 0 Å². The van der Waals surface area contributed by atoms with Crippen LogP contribution in [0.5, 0.6) is 0 Å². The van der Waals surface area contributed by atoms with Gasteiger partial charge in [-0.2, -0.15) is 0 Å². The van der Waals surface area contributed by atoms with E-state index in [9.17, 15) is 4.79 Å². The Bertz CT molecular complexity index is 604. The van der Waals surface area contributed by atoms with Crippen LogP contribution in [-0.2, 0) is 11.2 Å². The molecule has 1 aliphatic heterocycles. The van der Waals surface area contributed by atoms with Crippen LogP contribution in [0.25, 0.3) is 0 Å². The molecule has 0 fully saturated rings. The molecule has 2 aromatic carbocycles. The molecule has 0 aromatic heterocycles. The molecule has 0 saturated heterocycles. The van der Waals surface area contributed by atoms with Gasteiger partial charge in [0, 0.05) is 9.37 Å². The Morgan fingerprint density at radius 1 is 1.16 bits per heavy atom. The van der Waals surface area contributed by atoms with Crippen molar-refractivity contribution >= 4 is 39.3 Å². The quantitative estimate of drug-likeness (QED) is 0.896. The van der Waals surface area contributed by atoms with E-state index in [2.05, 4.69) is 33.4 Å². The average Bonchev–Trinajstić information content (AvgIpc) is 2.85. The summed E-state index contributed by atoms with van der Waals surface area (Å²) < 4.78 is 0.906. The Morgan fingerprint density at radius 2 is 1.89 bits per heavy atom.